The van der Waals surface area contributed by atoms with Crippen molar-refractivity contribution >= 4 is 53.4 Å². The molecule has 422 valence electrons. The first-order valence-electron chi connectivity index (χ1n) is 26.6. The molecule has 2 aliphatic heterocycles. The van der Waals surface area contributed by atoms with Gasteiger partial charge in [-0.3, -0.25) is 38.4 Å². The van der Waals surface area contributed by atoms with Crippen molar-refractivity contribution in [3.63, 3.8) is 0 Å². The molecule has 3 aliphatic rings. The number of hydrogen-bond donors (Lipinski definition) is 4. The van der Waals surface area contributed by atoms with Crippen LogP contribution in [0.4, 0.5) is 4.79 Å². The number of ether oxygens (including phenoxy) is 3. The molecule has 4 rings (SSSR count). The van der Waals surface area contributed by atoms with E-state index in [9.17, 15) is 43.2 Å². The predicted octanol–water partition coefficient (Wildman–Crippen LogP) is 7.39. The summed E-state index contributed by atoms with van der Waals surface area (Å²) in [6.45, 7) is 24.0. The van der Waals surface area contributed by atoms with Gasteiger partial charge in [-0.25, -0.2) is 4.79 Å². The first kappa shape index (κ1) is 65.3. The molecule has 1 aromatic carbocycles. The summed E-state index contributed by atoms with van der Waals surface area (Å²) in [5.41, 5.74) is -1.49. The molecule has 18 heteroatoms. The first-order valence-corrected chi connectivity index (χ1v) is 26.6. The van der Waals surface area contributed by atoms with Crippen molar-refractivity contribution in [3.8, 4) is 0 Å². The van der Waals surface area contributed by atoms with E-state index < -0.39 is 71.3 Å². The van der Waals surface area contributed by atoms with Crippen LogP contribution in [-0.2, 0) is 52.6 Å². The Labute approximate surface area is 447 Å². The quantitative estimate of drug-likeness (QED) is 0.0470. The number of ketones is 1. The highest BCUT2D eigenvalue weighted by molar-refractivity contribution is 6.38. The number of allylic oxidation sites excluding steroid dienone is 1. The minimum absolute atomic E-state index is 0.00463. The molecular weight excluding hydrogens is 961 g/mol. The lowest BCUT2D eigenvalue weighted by Crippen LogP contribution is -2.61. The number of benzene rings is 1. The van der Waals surface area contributed by atoms with Gasteiger partial charge in [0.15, 0.2) is 0 Å². The number of alkyl carbamates (subject to hydrolysis) is 1. The molecule has 4 N–H and O–H groups in total. The number of unbranched alkanes of at least 4 members (excludes halogenated alkanes) is 1. The second-order valence-electron chi connectivity index (χ2n) is 23.5. The average Bonchev–Trinajstić information content (AvgIpc) is 3.61. The number of likely N-dealkylation sites (N-methyl/N-ethyl adjacent to an activating group) is 1. The van der Waals surface area contributed by atoms with E-state index in [1.165, 1.54) is 19.1 Å². The van der Waals surface area contributed by atoms with Gasteiger partial charge in [-0.2, -0.15) is 0 Å². The summed E-state index contributed by atoms with van der Waals surface area (Å²) in [4.78, 5) is 120. The standard InChI is InChI=1S/C42H64N6O8.C10H18O2.C5H10O2/c1-40(2,3)56-39(55)46-34-38(54)48-25-27-30(42(27,6)7)32(48)35(51)44-28(22-18-13-11-10-12-14-19-23-41(34,4)5)33(50)36(52)43-24-29(49)45-31(37(53)47(8)9)26-20-16-15-17-21-26;1-5-6-7-8-10(2,3)9(11)12-4;1-4(2)5(6)7-3/h15-17,20-21,27-28,30-32,34H,10-14,18-19,22-25H2,1-9H3,(H,43,52)(H,44,51)(H,45,49)(H,46,55);5H,1,6-8H2,2-4H3;4H,1-3H3/t27?,28-,30-,31-,32-,34+;;/m0../s1. The maximum Gasteiger partial charge on any atom is 0.408 e. The van der Waals surface area contributed by atoms with Gasteiger partial charge >= 0.3 is 18.0 Å². The third-order valence-corrected chi connectivity index (χ3v) is 14.3. The summed E-state index contributed by atoms with van der Waals surface area (Å²) in [6, 6.07) is 4.59. The van der Waals surface area contributed by atoms with Gasteiger partial charge in [0.2, 0.25) is 29.4 Å². The van der Waals surface area contributed by atoms with E-state index in [1.807, 2.05) is 33.8 Å². The molecule has 2 saturated heterocycles. The number of amides is 6. The van der Waals surface area contributed by atoms with Crippen LogP contribution in [-0.4, -0.2) is 128 Å². The van der Waals surface area contributed by atoms with Gasteiger partial charge in [-0.15, -0.1) is 6.58 Å². The van der Waals surface area contributed by atoms with Crippen LogP contribution in [0.15, 0.2) is 43.0 Å². The van der Waals surface area contributed by atoms with Gasteiger partial charge in [0.25, 0.3) is 5.91 Å². The van der Waals surface area contributed by atoms with Crippen molar-refractivity contribution in [3.05, 3.63) is 48.6 Å². The van der Waals surface area contributed by atoms with Gasteiger partial charge in [-0.05, 0) is 95.0 Å². The van der Waals surface area contributed by atoms with E-state index in [4.69, 9.17) is 4.74 Å². The van der Waals surface area contributed by atoms with Crippen LogP contribution in [0.5, 0.6) is 0 Å². The zero-order valence-corrected chi connectivity index (χ0v) is 47.9. The number of fused-ring (bicyclic) bond motifs is 3. The first-order chi connectivity index (χ1) is 34.9. The number of Topliss-reactive ketones (excluding diaryl/α,β-unsaturated/α-hetero) is 1. The van der Waals surface area contributed by atoms with Crippen molar-refractivity contribution in [1.82, 2.24) is 31.1 Å². The molecule has 6 amide bonds. The zero-order valence-electron chi connectivity index (χ0n) is 47.9. The highest BCUT2D eigenvalue weighted by Crippen LogP contribution is 2.65. The van der Waals surface area contributed by atoms with E-state index in [-0.39, 0.29) is 58.8 Å². The smallest absolute Gasteiger partial charge is 0.408 e. The number of esters is 2. The van der Waals surface area contributed by atoms with E-state index in [1.54, 1.807) is 83.9 Å². The lowest BCUT2D eigenvalue weighted by Gasteiger charge is -2.39. The van der Waals surface area contributed by atoms with Gasteiger partial charge in [0.05, 0.1) is 38.1 Å². The summed E-state index contributed by atoms with van der Waals surface area (Å²) in [7, 11) is 5.96. The Balaban J connectivity index is 0.000000853. The number of hydrogen-bond acceptors (Lipinski definition) is 12. The molecule has 1 saturated carbocycles. The van der Waals surface area contributed by atoms with Crippen molar-refractivity contribution < 1.29 is 57.4 Å². The minimum atomic E-state index is -1.20. The fraction of sp³-hybridized carbons (Fsp3) is 0.702. The molecule has 3 fully saturated rings. The number of nitrogens with one attached hydrogen (secondary N) is 4. The molecule has 18 nitrogen and oxygen atoms in total. The number of nitrogens with zero attached hydrogens (tertiary/aromatic N) is 2. The number of methoxy groups -OCH3 is 2. The third kappa shape index (κ3) is 20.3. The van der Waals surface area contributed by atoms with Crippen LogP contribution in [0.1, 0.15) is 165 Å². The van der Waals surface area contributed by atoms with Crippen molar-refractivity contribution in [1.29, 1.82) is 0 Å². The van der Waals surface area contributed by atoms with E-state index >= 15 is 0 Å². The number of carbonyl (C=O) groups excluding carboxylic acids is 9. The highest BCUT2D eigenvalue weighted by Gasteiger charge is 2.70. The van der Waals surface area contributed by atoms with Crippen LogP contribution < -0.4 is 21.3 Å². The lowest BCUT2D eigenvalue weighted by molar-refractivity contribution is -0.151. The van der Waals surface area contributed by atoms with Crippen molar-refractivity contribution in [2.24, 2.45) is 34.0 Å². The number of piperidine rings is 1. The third-order valence-electron chi connectivity index (χ3n) is 14.3. The maximum atomic E-state index is 14.6. The fourth-order valence-corrected chi connectivity index (χ4v) is 9.59. The normalized spacial score (nSPS) is 21.9. The Morgan fingerprint density at radius 1 is 0.880 bits per heavy atom. The predicted molar refractivity (Wildman–Crippen MR) is 287 cm³/mol. The molecule has 6 atom stereocenters. The summed E-state index contributed by atoms with van der Waals surface area (Å²) in [5.74, 6) is -4.34. The Hall–Kier alpha value is -5.81. The SMILES string of the molecule is C=CCCCC(C)(C)C(=O)OC.CN(C)C(=O)[C@@H](NC(=O)CNC(=O)C(=O)[C@@H]1CCCCCCCCCC(C)(C)[C@H](NC(=O)OC(C)(C)C)C(=O)N2CC3[C@@H]([C@H]2C(=O)N1)C3(C)C)c1ccccc1.COC(=O)C(C)C. The topological polar surface area (TPSA) is 236 Å². The monoisotopic (exact) mass is 1050 g/mol. The van der Waals surface area contributed by atoms with E-state index in [2.05, 4.69) is 51.2 Å². The molecular formula is C57H92N6O12. The number of rotatable bonds is 14. The van der Waals surface area contributed by atoms with Crippen LogP contribution >= 0.6 is 0 Å². The highest BCUT2D eigenvalue weighted by atomic mass is 16.6. The Morgan fingerprint density at radius 2 is 1.47 bits per heavy atom. The van der Waals surface area contributed by atoms with Crippen LogP contribution in [0.2, 0.25) is 0 Å². The molecule has 0 radical (unpaired) electrons. The van der Waals surface area contributed by atoms with Crippen LogP contribution in [0, 0.1) is 34.0 Å². The molecule has 0 aromatic heterocycles. The van der Waals surface area contributed by atoms with Crippen LogP contribution in [0.25, 0.3) is 0 Å². The summed E-state index contributed by atoms with van der Waals surface area (Å²) in [5, 5.41) is 10.7. The molecule has 1 unspecified atom stereocenters. The lowest BCUT2D eigenvalue weighted by atomic mass is 9.78. The Morgan fingerprint density at radius 3 is 1.99 bits per heavy atom. The molecule has 1 aromatic rings. The maximum absolute atomic E-state index is 14.6. The van der Waals surface area contributed by atoms with Crippen molar-refractivity contribution in [2.45, 2.75) is 183 Å². The Kier molecular flexibility index (Phi) is 25.7. The zero-order chi connectivity index (χ0) is 57.1. The van der Waals surface area contributed by atoms with Crippen LogP contribution in [0.3, 0.4) is 0 Å². The number of carbonyl (C=O) groups is 9. The van der Waals surface area contributed by atoms with E-state index in [0.717, 1.165) is 57.8 Å². The van der Waals surface area contributed by atoms with Gasteiger partial charge in [0, 0.05) is 20.6 Å². The summed E-state index contributed by atoms with van der Waals surface area (Å²) >= 11 is 0. The van der Waals surface area contributed by atoms with Crippen molar-refractivity contribution in [2.75, 3.05) is 41.4 Å². The van der Waals surface area contributed by atoms with E-state index in [0.29, 0.717) is 24.9 Å². The fourth-order valence-electron chi connectivity index (χ4n) is 9.59. The molecule has 0 bridgehead atoms. The Bertz CT molecular complexity index is 2110. The minimum Gasteiger partial charge on any atom is -0.469 e. The largest absolute Gasteiger partial charge is 0.469 e. The molecule has 0 spiro atoms. The molecule has 2 heterocycles. The van der Waals surface area contributed by atoms with Gasteiger partial charge in [-0.1, -0.05) is 123 Å². The average molecular weight is 1050 g/mol. The second kappa shape index (κ2) is 29.5. The second-order valence-corrected chi connectivity index (χ2v) is 23.5. The van der Waals surface area contributed by atoms with Gasteiger partial charge < -0.3 is 45.3 Å². The molecule has 75 heavy (non-hydrogen) atoms. The van der Waals surface area contributed by atoms with Gasteiger partial charge in [0.1, 0.15) is 23.7 Å². The summed E-state index contributed by atoms with van der Waals surface area (Å²) < 4.78 is 14.6. The summed E-state index contributed by atoms with van der Waals surface area (Å²) in [6.07, 6.45) is 10.9. The molecule has 1 aliphatic carbocycles.